The second kappa shape index (κ2) is 12.5. The Bertz CT molecular complexity index is 1580. The number of carbonyl (C=O) groups is 5. The molecule has 2 aliphatic heterocycles. The number of carboxylic acid groups (broad SMARTS) is 2. The lowest BCUT2D eigenvalue weighted by atomic mass is 10.0. The standard InChI is InChI=1S/C23H29N11O8S2/c1-23(2,21(40)41)42-29-12(16-28-22(26)44-30-16)17(36)27-13-18(37)34-14(20(38)39)10(8-43-19(13)34)6-33-7-11(15(25)31(33)3)32(9-35)5-4-24/h7,9,13,19,25H,4-6,8,24H2,1-3H3,(H5,26,27,28,30,36,38,39,40,41)/b29-12-/t13-,19-/m1/s1. The van der Waals surface area contributed by atoms with Gasteiger partial charge in [0.1, 0.15) is 11.4 Å². The molecule has 0 aliphatic carbocycles. The monoisotopic (exact) mass is 651 g/mol. The summed E-state index contributed by atoms with van der Waals surface area (Å²) >= 11 is 1.94. The number of nitrogens with two attached hydrogens (primary N) is 3. The molecule has 2 aliphatic rings. The lowest BCUT2D eigenvalue weighted by molar-refractivity contribution is -0.765. The summed E-state index contributed by atoms with van der Waals surface area (Å²) < 4.78 is 7.01. The zero-order valence-corrected chi connectivity index (χ0v) is 25.3. The molecule has 21 heteroatoms. The number of thioether (sulfide) groups is 1. The Kier molecular flexibility index (Phi) is 9.11. The van der Waals surface area contributed by atoms with Crippen molar-refractivity contribution in [3.8, 4) is 0 Å². The van der Waals surface area contributed by atoms with Crippen molar-refractivity contribution in [2.24, 2.45) is 17.9 Å². The Labute approximate surface area is 257 Å². The van der Waals surface area contributed by atoms with Gasteiger partial charge in [-0.3, -0.25) is 19.3 Å². The average Bonchev–Trinajstić information content (AvgIpc) is 3.52. The molecule has 0 unspecified atom stereocenters. The highest BCUT2D eigenvalue weighted by Crippen LogP contribution is 2.40. The number of aliphatic carboxylic acids is 2. The van der Waals surface area contributed by atoms with Gasteiger partial charge in [-0.1, -0.05) is 5.16 Å². The third kappa shape index (κ3) is 6.01. The van der Waals surface area contributed by atoms with Crippen molar-refractivity contribution in [3.05, 3.63) is 23.3 Å². The first-order valence-electron chi connectivity index (χ1n) is 12.8. The Morgan fingerprint density at radius 3 is 2.66 bits per heavy atom. The molecule has 4 heterocycles. The summed E-state index contributed by atoms with van der Waals surface area (Å²) in [6, 6.07) is -1.18. The van der Waals surface area contributed by atoms with E-state index in [1.54, 1.807) is 17.9 Å². The maximum Gasteiger partial charge on any atom is 0.350 e. The number of carbonyl (C=O) groups excluding carboxylic acids is 4. The summed E-state index contributed by atoms with van der Waals surface area (Å²) in [6.45, 7) is 2.80. The van der Waals surface area contributed by atoms with E-state index in [2.05, 4.69) is 19.8 Å². The van der Waals surface area contributed by atoms with Crippen LogP contribution in [0.3, 0.4) is 0 Å². The molecule has 19 nitrogen and oxygen atoms in total. The minimum atomic E-state index is -1.82. The third-order valence-electron chi connectivity index (χ3n) is 6.70. The number of fused-ring (bicyclic) bond motifs is 1. The summed E-state index contributed by atoms with van der Waals surface area (Å²) in [6.07, 6.45) is 2.14. The first-order chi connectivity index (χ1) is 20.7. The van der Waals surface area contributed by atoms with Crippen LogP contribution < -0.4 is 37.2 Å². The van der Waals surface area contributed by atoms with Crippen LogP contribution >= 0.6 is 23.3 Å². The van der Waals surface area contributed by atoms with Gasteiger partial charge in [0.2, 0.25) is 29.7 Å². The van der Waals surface area contributed by atoms with E-state index in [1.165, 1.54) is 35.2 Å². The zero-order chi connectivity index (χ0) is 32.5. The molecule has 4 rings (SSSR count). The first kappa shape index (κ1) is 32.2. The quantitative estimate of drug-likeness (QED) is 0.0453. The fourth-order valence-electron chi connectivity index (χ4n) is 4.25. The van der Waals surface area contributed by atoms with Crippen molar-refractivity contribution in [3.63, 3.8) is 0 Å². The number of hydrogen-bond acceptors (Lipinski definition) is 15. The molecule has 0 spiro atoms. The van der Waals surface area contributed by atoms with Gasteiger partial charge in [0.05, 0.1) is 18.7 Å². The Balaban J connectivity index is 1.57. The SMILES string of the molecule is Cn1c(N)c(N(C=O)CCN)c[n+]1CC1=C(C(=O)[O-])N2C(=O)[C@@H](NC(=O)/C(=N\OC(C)(C)C(=O)O)c3nsc(N)n3)[C@H]2SC1. The number of amides is 3. The molecule has 2 aromatic rings. The van der Waals surface area contributed by atoms with Gasteiger partial charge >= 0.3 is 5.97 Å². The van der Waals surface area contributed by atoms with Crippen LogP contribution in [-0.2, 0) is 42.4 Å². The van der Waals surface area contributed by atoms with Gasteiger partial charge in [-0.15, -0.1) is 21.1 Å². The zero-order valence-electron chi connectivity index (χ0n) is 23.6. The summed E-state index contributed by atoms with van der Waals surface area (Å²) in [5.74, 6) is -4.58. The highest BCUT2D eigenvalue weighted by Gasteiger charge is 2.53. The topological polar surface area (TPSA) is 281 Å². The van der Waals surface area contributed by atoms with E-state index in [1.807, 2.05) is 0 Å². The minimum Gasteiger partial charge on any atom is -0.543 e. The van der Waals surface area contributed by atoms with Crippen molar-refractivity contribution in [1.82, 2.24) is 24.3 Å². The van der Waals surface area contributed by atoms with Crippen LogP contribution in [-0.4, -0.2) is 95.8 Å². The number of rotatable bonds is 13. The van der Waals surface area contributed by atoms with Crippen molar-refractivity contribution in [1.29, 1.82) is 0 Å². The number of aromatic nitrogens is 4. The molecule has 44 heavy (non-hydrogen) atoms. The number of anilines is 3. The molecule has 0 radical (unpaired) electrons. The maximum absolute atomic E-state index is 13.2. The van der Waals surface area contributed by atoms with Gasteiger partial charge in [0.15, 0.2) is 23.2 Å². The molecule has 1 saturated heterocycles. The Morgan fingerprint density at radius 2 is 2.09 bits per heavy atom. The van der Waals surface area contributed by atoms with Gasteiger partial charge < -0.3 is 47.3 Å². The van der Waals surface area contributed by atoms with Gasteiger partial charge in [-0.25, -0.2) is 4.79 Å². The summed E-state index contributed by atoms with van der Waals surface area (Å²) in [5.41, 5.74) is 15.3. The van der Waals surface area contributed by atoms with E-state index in [4.69, 9.17) is 22.0 Å². The van der Waals surface area contributed by atoms with Crippen molar-refractivity contribution in [2.75, 3.05) is 35.2 Å². The summed E-state index contributed by atoms with van der Waals surface area (Å²) in [5, 5.41) is 26.9. The maximum atomic E-state index is 13.2. The molecular weight excluding hydrogens is 622 g/mol. The fourth-order valence-corrected chi connectivity index (χ4v) is 6.02. The van der Waals surface area contributed by atoms with Crippen LogP contribution in [0.1, 0.15) is 19.7 Å². The number of carboxylic acids is 2. The molecule has 236 valence electrons. The largest absolute Gasteiger partial charge is 0.543 e. The van der Waals surface area contributed by atoms with E-state index in [-0.39, 0.29) is 47.9 Å². The first-order valence-corrected chi connectivity index (χ1v) is 14.6. The molecule has 1 fully saturated rings. The van der Waals surface area contributed by atoms with E-state index in [0.717, 1.165) is 16.4 Å². The van der Waals surface area contributed by atoms with Gasteiger partial charge in [-0.2, -0.15) is 9.36 Å². The lowest BCUT2D eigenvalue weighted by Gasteiger charge is -2.50. The predicted octanol–water partition coefficient (Wildman–Crippen LogP) is -4.06. The summed E-state index contributed by atoms with van der Waals surface area (Å²) in [7, 11) is 1.62. The normalized spacial score (nSPS) is 18.4. The average molecular weight is 652 g/mol. The minimum absolute atomic E-state index is 0.00814. The molecule has 2 aromatic heterocycles. The molecule has 0 saturated carbocycles. The highest BCUT2D eigenvalue weighted by molar-refractivity contribution is 8.00. The van der Waals surface area contributed by atoms with E-state index >= 15 is 0 Å². The molecule has 2 atom stereocenters. The smallest absolute Gasteiger partial charge is 0.350 e. The van der Waals surface area contributed by atoms with Crippen LogP contribution in [0.25, 0.3) is 0 Å². The van der Waals surface area contributed by atoms with E-state index in [9.17, 15) is 34.2 Å². The number of nitrogen functional groups attached to an aromatic ring is 2. The Morgan fingerprint density at radius 1 is 1.39 bits per heavy atom. The van der Waals surface area contributed by atoms with Crippen LogP contribution in [0.2, 0.25) is 0 Å². The number of nitrogens with one attached hydrogen (secondary N) is 1. The number of oxime groups is 1. The van der Waals surface area contributed by atoms with Crippen molar-refractivity contribution < 1.29 is 43.7 Å². The van der Waals surface area contributed by atoms with E-state index < -0.39 is 46.5 Å². The third-order valence-corrected chi connectivity index (χ3v) is 8.59. The molecule has 0 aromatic carbocycles. The van der Waals surface area contributed by atoms with Crippen molar-refractivity contribution >= 4 is 75.8 Å². The number of hydrogen-bond donors (Lipinski definition) is 5. The van der Waals surface area contributed by atoms with Crippen LogP contribution in [0, 0.1) is 0 Å². The van der Waals surface area contributed by atoms with Crippen LogP contribution in [0.4, 0.5) is 16.6 Å². The van der Waals surface area contributed by atoms with Gasteiger partial charge in [-0.05, 0) is 13.8 Å². The molecule has 0 bridgehead atoms. The molecular formula is C23H29N11O8S2. The van der Waals surface area contributed by atoms with Crippen LogP contribution in [0.15, 0.2) is 22.6 Å². The Hall–Kier alpha value is -4.76. The van der Waals surface area contributed by atoms with Crippen LogP contribution in [0.5, 0.6) is 0 Å². The second-order valence-corrected chi connectivity index (χ2v) is 11.9. The number of nitrogens with zero attached hydrogens (tertiary/aromatic N) is 7. The van der Waals surface area contributed by atoms with Crippen molar-refractivity contribution in [2.45, 2.75) is 37.4 Å². The van der Waals surface area contributed by atoms with Gasteiger partial charge in [0.25, 0.3) is 11.8 Å². The molecule has 3 amide bonds. The predicted molar refractivity (Wildman–Crippen MR) is 153 cm³/mol. The number of β-lactam (4-membered cyclic amide) rings is 1. The second-order valence-electron chi connectivity index (χ2n) is 10.0. The highest BCUT2D eigenvalue weighted by atomic mass is 32.2. The van der Waals surface area contributed by atoms with Gasteiger partial charge in [0, 0.05) is 35.9 Å². The summed E-state index contributed by atoms with van der Waals surface area (Å²) in [4.78, 5) is 73.0. The van der Waals surface area contributed by atoms with E-state index in [0.29, 0.717) is 17.7 Å². The fraction of sp³-hybridized carbons (Fsp3) is 0.435. The molecule has 8 N–H and O–H groups in total. The lowest BCUT2D eigenvalue weighted by Crippen LogP contribution is -2.71.